The fourth-order valence-corrected chi connectivity index (χ4v) is 2.09. The number of nitrogens with two attached hydrogens (primary N) is 1. The van der Waals surface area contributed by atoms with Gasteiger partial charge in [-0.05, 0) is 25.7 Å². The van der Waals surface area contributed by atoms with Crippen LogP contribution in [0.1, 0.15) is 46.7 Å². The van der Waals surface area contributed by atoms with Gasteiger partial charge in [-0.3, -0.25) is 0 Å². The molecule has 0 spiro atoms. The van der Waals surface area contributed by atoms with Crippen molar-refractivity contribution < 1.29 is 0 Å². The van der Waals surface area contributed by atoms with Crippen molar-refractivity contribution in [2.45, 2.75) is 60.5 Å². The van der Waals surface area contributed by atoms with E-state index in [1.54, 1.807) is 0 Å². The fraction of sp³-hybridized carbons (Fsp3) is 0.786. The predicted molar refractivity (Wildman–Crippen MR) is 79.0 cm³/mol. The molecule has 18 heavy (non-hydrogen) atoms. The Balaban J connectivity index is 3.15. The Morgan fingerprint density at radius 1 is 1.39 bits per heavy atom. The molecule has 1 rings (SSSR count). The summed E-state index contributed by atoms with van der Waals surface area (Å²) in [6, 6.07) is 0.395. The molecule has 0 bridgehead atoms. The van der Waals surface area contributed by atoms with Crippen molar-refractivity contribution in [1.29, 1.82) is 0 Å². The van der Waals surface area contributed by atoms with Crippen LogP contribution in [0.3, 0.4) is 0 Å². The highest BCUT2D eigenvalue weighted by Crippen LogP contribution is 2.32. The molecule has 0 aliphatic heterocycles. The number of anilines is 2. The van der Waals surface area contributed by atoms with Crippen molar-refractivity contribution in [3.05, 3.63) is 5.69 Å². The molecular formula is C14H28N4. The molecule has 0 saturated heterocycles. The van der Waals surface area contributed by atoms with E-state index in [2.05, 4.69) is 51.7 Å². The molecular weight excluding hydrogens is 224 g/mol. The highest BCUT2D eigenvalue weighted by molar-refractivity contribution is 5.66. The molecule has 1 unspecified atom stereocenters. The number of rotatable bonds is 4. The molecule has 0 fully saturated rings. The quantitative estimate of drug-likeness (QED) is 0.896. The van der Waals surface area contributed by atoms with E-state index < -0.39 is 0 Å². The lowest BCUT2D eigenvalue weighted by molar-refractivity contribution is 0.326. The molecule has 0 aliphatic rings. The van der Waals surface area contributed by atoms with E-state index >= 15 is 0 Å². The Morgan fingerprint density at radius 3 is 2.39 bits per heavy atom. The van der Waals surface area contributed by atoms with Gasteiger partial charge in [0.05, 0.1) is 11.4 Å². The summed E-state index contributed by atoms with van der Waals surface area (Å²) in [5, 5.41) is 4.54. The Morgan fingerprint density at radius 2 is 1.94 bits per heavy atom. The number of hydrogen-bond donors (Lipinski definition) is 1. The topological polar surface area (TPSA) is 47.1 Å². The standard InChI is InChI=1S/C14H28N4/c1-8-9-18-13(12(15)10(2)16-18)17(7)11(3)14(4,5)6/h11H,8-9,15H2,1-7H3. The predicted octanol–water partition coefficient (Wildman–Crippen LogP) is 3.05. The molecule has 0 amide bonds. The zero-order chi connectivity index (χ0) is 14.1. The minimum Gasteiger partial charge on any atom is -0.394 e. The van der Waals surface area contributed by atoms with Gasteiger partial charge in [-0.2, -0.15) is 5.10 Å². The Labute approximate surface area is 111 Å². The van der Waals surface area contributed by atoms with Crippen LogP contribution < -0.4 is 10.6 Å². The summed E-state index contributed by atoms with van der Waals surface area (Å²) in [6.45, 7) is 14.0. The number of hydrogen-bond acceptors (Lipinski definition) is 3. The number of aromatic nitrogens is 2. The lowest BCUT2D eigenvalue weighted by Gasteiger charge is -2.37. The summed E-state index contributed by atoms with van der Waals surface area (Å²) in [5.74, 6) is 1.05. The van der Waals surface area contributed by atoms with Gasteiger partial charge in [0.25, 0.3) is 0 Å². The van der Waals surface area contributed by atoms with Gasteiger partial charge in [-0.25, -0.2) is 4.68 Å². The second kappa shape index (κ2) is 5.21. The van der Waals surface area contributed by atoms with Crippen LogP contribution >= 0.6 is 0 Å². The molecule has 0 aliphatic carbocycles. The van der Waals surface area contributed by atoms with Crippen LogP contribution in [0, 0.1) is 12.3 Å². The lowest BCUT2D eigenvalue weighted by Crippen LogP contribution is -2.40. The zero-order valence-corrected chi connectivity index (χ0v) is 12.9. The number of nitrogens with zero attached hydrogens (tertiary/aromatic N) is 3. The smallest absolute Gasteiger partial charge is 0.150 e. The highest BCUT2D eigenvalue weighted by atomic mass is 15.4. The van der Waals surface area contributed by atoms with E-state index in [0.717, 1.165) is 30.2 Å². The first-order valence-corrected chi connectivity index (χ1v) is 6.75. The van der Waals surface area contributed by atoms with Crippen LogP contribution in [-0.4, -0.2) is 22.9 Å². The molecule has 0 radical (unpaired) electrons. The average Bonchev–Trinajstić information content (AvgIpc) is 2.52. The monoisotopic (exact) mass is 252 g/mol. The van der Waals surface area contributed by atoms with Crippen LogP contribution in [0.2, 0.25) is 0 Å². The van der Waals surface area contributed by atoms with Crippen LogP contribution in [0.5, 0.6) is 0 Å². The Kier molecular flexibility index (Phi) is 4.30. The largest absolute Gasteiger partial charge is 0.394 e. The molecule has 4 nitrogen and oxygen atoms in total. The first kappa shape index (κ1) is 14.9. The van der Waals surface area contributed by atoms with Crippen molar-refractivity contribution in [1.82, 2.24) is 9.78 Å². The van der Waals surface area contributed by atoms with Crippen molar-refractivity contribution in [3.63, 3.8) is 0 Å². The van der Waals surface area contributed by atoms with Gasteiger partial charge in [-0.15, -0.1) is 0 Å². The third kappa shape index (κ3) is 2.79. The first-order chi connectivity index (χ1) is 8.20. The third-order valence-corrected chi connectivity index (χ3v) is 3.75. The highest BCUT2D eigenvalue weighted by Gasteiger charge is 2.27. The summed E-state index contributed by atoms with van der Waals surface area (Å²) in [5.41, 5.74) is 8.13. The second-order valence-corrected chi connectivity index (χ2v) is 6.20. The van der Waals surface area contributed by atoms with Gasteiger partial charge < -0.3 is 10.6 Å². The van der Waals surface area contributed by atoms with Gasteiger partial charge in [0.15, 0.2) is 5.82 Å². The zero-order valence-electron chi connectivity index (χ0n) is 12.9. The average molecular weight is 252 g/mol. The van der Waals surface area contributed by atoms with Crippen molar-refractivity contribution in [2.24, 2.45) is 5.41 Å². The molecule has 1 heterocycles. The molecule has 104 valence electrons. The first-order valence-electron chi connectivity index (χ1n) is 6.75. The van der Waals surface area contributed by atoms with E-state index in [1.807, 2.05) is 11.6 Å². The summed E-state index contributed by atoms with van der Waals surface area (Å²) in [7, 11) is 2.11. The maximum Gasteiger partial charge on any atom is 0.150 e. The van der Waals surface area contributed by atoms with Crippen molar-refractivity contribution >= 4 is 11.5 Å². The molecule has 1 aromatic rings. The van der Waals surface area contributed by atoms with Gasteiger partial charge in [0.2, 0.25) is 0 Å². The normalized spacial score (nSPS) is 13.7. The molecule has 0 aromatic carbocycles. The van der Waals surface area contributed by atoms with Gasteiger partial charge >= 0.3 is 0 Å². The van der Waals surface area contributed by atoms with E-state index in [-0.39, 0.29) is 5.41 Å². The maximum atomic E-state index is 6.19. The minimum absolute atomic E-state index is 0.205. The maximum absolute atomic E-state index is 6.19. The van der Waals surface area contributed by atoms with Crippen molar-refractivity contribution in [2.75, 3.05) is 17.7 Å². The summed E-state index contributed by atoms with van der Waals surface area (Å²) >= 11 is 0. The Hall–Kier alpha value is -1.19. The van der Waals surface area contributed by atoms with Gasteiger partial charge in [0, 0.05) is 19.6 Å². The van der Waals surface area contributed by atoms with Gasteiger partial charge in [0.1, 0.15) is 0 Å². The van der Waals surface area contributed by atoms with Crippen LogP contribution in [0.15, 0.2) is 0 Å². The van der Waals surface area contributed by atoms with Crippen LogP contribution in [0.4, 0.5) is 11.5 Å². The van der Waals surface area contributed by atoms with Crippen LogP contribution in [-0.2, 0) is 6.54 Å². The fourth-order valence-electron chi connectivity index (χ4n) is 2.09. The molecule has 1 aromatic heterocycles. The van der Waals surface area contributed by atoms with E-state index in [4.69, 9.17) is 5.73 Å². The molecule has 2 N–H and O–H groups in total. The van der Waals surface area contributed by atoms with E-state index in [0.29, 0.717) is 6.04 Å². The third-order valence-electron chi connectivity index (χ3n) is 3.75. The SMILES string of the molecule is CCCn1nc(C)c(N)c1N(C)C(C)C(C)(C)C. The molecule has 1 atom stereocenters. The lowest BCUT2D eigenvalue weighted by atomic mass is 9.87. The molecule has 0 saturated carbocycles. The van der Waals surface area contributed by atoms with Crippen LogP contribution in [0.25, 0.3) is 0 Å². The number of aryl methyl sites for hydroxylation is 2. The second-order valence-electron chi connectivity index (χ2n) is 6.20. The van der Waals surface area contributed by atoms with Crippen molar-refractivity contribution in [3.8, 4) is 0 Å². The van der Waals surface area contributed by atoms with E-state index in [9.17, 15) is 0 Å². The molecule has 4 heteroatoms. The summed E-state index contributed by atoms with van der Waals surface area (Å²) in [4.78, 5) is 2.25. The van der Waals surface area contributed by atoms with Gasteiger partial charge in [-0.1, -0.05) is 27.7 Å². The minimum atomic E-state index is 0.205. The van der Waals surface area contributed by atoms with E-state index in [1.165, 1.54) is 0 Å². The Bertz CT molecular complexity index is 401. The number of nitrogen functional groups attached to an aromatic ring is 1. The summed E-state index contributed by atoms with van der Waals surface area (Å²) < 4.78 is 2.03. The summed E-state index contributed by atoms with van der Waals surface area (Å²) in [6.07, 6.45) is 1.06.